The molecular formula is C16H15Cl2NO3S. The zero-order chi connectivity index (χ0) is 16.4. The number of rotatable bonds is 4. The zero-order valence-corrected chi connectivity index (χ0v) is 14.8. The molecule has 7 heteroatoms. The van der Waals surface area contributed by atoms with Crippen LogP contribution in [0.3, 0.4) is 0 Å². The molecule has 3 rings (SSSR count). The first-order valence-corrected chi connectivity index (χ1v) is 8.78. The Morgan fingerprint density at radius 3 is 2.74 bits per heavy atom. The molecule has 23 heavy (non-hydrogen) atoms. The number of carbonyl (C=O) groups excluding carboxylic acids is 1. The van der Waals surface area contributed by atoms with Gasteiger partial charge < -0.3 is 14.4 Å². The highest BCUT2D eigenvalue weighted by Gasteiger charge is 2.22. The van der Waals surface area contributed by atoms with Gasteiger partial charge in [-0.05, 0) is 31.2 Å². The Morgan fingerprint density at radius 1 is 1.26 bits per heavy atom. The average molecular weight is 372 g/mol. The van der Waals surface area contributed by atoms with Crippen molar-refractivity contribution in [3.8, 4) is 11.5 Å². The van der Waals surface area contributed by atoms with Gasteiger partial charge in [0.05, 0.1) is 15.9 Å². The van der Waals surface area contributed by atoms with Gasteiger partial charge in [-0.25, -0.2) is 0 Å². The van der Waals surface area contributed by atoms with E-state index in [1.807, 2.05) is 19.1 Å². The van der Waals surface area contributed by atoms with Crippen molar-refractivity contribution in [2.45, 2.75) is 13.5 Å². The standard InChI is InChI=1S/C16H15Cl2NO3S/c1-2-19(9-11-3-4-14(18)23-11)16(20)10-7-12(17)15-13(8-10)21-5-6-22-15/h3-4,7-8H,2,5-6,9H2,1H3. The van der Waals surface area contributed by atoms with Crippen molar-refractivity contribution < 1.29 is 14.3 Å². The van der Waals surface area contributed by atoms with Gasteiger partial charge in [-0.2, -0.15) is 0 Å². The third kappa shape index (κ3) is 3.57. The van der Waals surface area contributed by atoms with Gasteiger partial charge >= 0.3 is 0 Å². The summed E-state index contributed by atoms with van der Waals surface area (Å²) in [6.07, 6.45) is 0. The molecule has 0 unspecified atom stereocenters. The van der Waals surface area contributed by atoms with Crippen molar-refractivity contribution in [2.24, 2.45) is 0 Å². The van der Waals surface area contributed by atoms with Crippen LogP contribution in [-0.2, 0) is 6.54 Å². The predicted octanol–water partition coefficient (Wildman–Crippen LogP) is 4.49. The van der Waals surface area contributed by atoms with Gasteiger partial charge in [-0.15, -0.1) is 11.3 Å². The monoisotopic (exact) mass is 371 g/mol. The van der Waals surface area contributed by atoms with Gasteiger partial charge in [0.2, 0.25) is 0 Å². The van der Waals surface area contributed by atoms with E-state index in [0.717, 1.165) is 4.88 Å². The number of thiophene rings is 1. The maximum absolute atomic E-state index is 12.8. The Balaban J connectivity index is 1.84. The molecule has 0 N–H and O–H groups in total. The van der Waals surface area contributed by atoms with Gasteiger partial charge in [-0.1, -0.05) is 23.2 Å². The second-order valence-electron chi connectivity index (χ2n) is 5.01. The average Bonchev–Trinajstić information content (AvgIpc) is 2.97. The molecule has 0 fully saturated rings. The van der Waals surface area contributed by atoms with E-state index in [9.17, 15) is 4.79 Å². The summed E-state index contributed by atoms with van der Waals surface area (Å²) in [6.45, 7) is 3.94. The first-order valence-electron chi connectivity index (χ1n) is 7.21. The smallest absolute Gasteiger partial charge is 0.254 e. The summed E-state index contributed by atoms with van der Waals surface area (Å²) in [4.78, 5) is 15.5. The largest absolute Gasteiger partial charge is 0.486 e. The second-order valence-corrected chi connectivity index (χ2v) is 7.21. The zero-order valence-electron chi connectivity index (χ0n) is 12.5. The van der Waals surface area contributed by atoms with Gasteiger partial charge in [0.25, 0.3) is 5.91 Å². The number of carbonyl (C=O) groups is 1. The molecule has 0 bridgehead atoms. The minimum absolute atomic E-state index is 0.101. The van der Waals surface area contributed by atoms with Gasteiger partial charge in [-0.3, -0.25) is 4.79 Å². The predicted molar refractivity (Wildman–Crippen MR) is 92.2 cm³/mol. The van der Waals surface area contributed by atoms with Crippen molar-refractivity contribution in [1.29, 1.82) is 0 Å². The third-order valence-corrected chi connectivity index (χ3v) is 4.98. The number of ether oxygens (including phenoxy) is 2. The van der Waals surface area contributed by atoms with Crippen molar-refractivity contribution >= 4 is 40.4 Å². The molecular weight excluding hydrogens is 357 g/mol. The molecule has 0 spiro atoms. The number of halogens is 2. The van der Waals surface area contributed by atoms with E-state index in [4.69, 9.17) is 32.7 Å². The van der Waals surface area contributed by atoms with Crippen molar-refractivity contribution in [1.82, 2.24) is 4.90 Å². The quantitative estimate of drug-likeness (QED) is 0.794. The Kier molecular flexibility index (Phi) is 4.99. The van der Waals surface area contributed by atoms with E-state index in [1.165, 1.54) is 11.3 Å². The Hall–Kier alpha value is -1.43. The molecule has 0 atom stereocenters. The van der Waals surface area contributed by atoms with Crippen LogP contribution >= 0.6 is 34.5 Å². The number of fused-ring (bicyclic) bond motifs is 1. The molecule has 1 aliphatic heterocycles. The molecule has 2 aromatic rings. The summed E-state index contributed by atoms with van der Waals surface area (Å²) in [6, 6.07) is 7.08. The van der Waals surface area contributed by atoms with Crippen molar-refractivity contribution in [2.75, 3.05) is 19.8 Å². The molecule has 122 valence electrons. The summed E-state index contributed by atoms with van der Waals surface area (Å²) in [5.41, 5.74) is 0.490. The molecule has 1 aliphatic rings. The lowest BCUT2D eigenvalue weighted by atomic mass is 10.1. The highest BCUT2D eigenvalue weighted by Crippen LogP contribution is 2.38. The molecule has 0 radical (unpaired) electrons. The minimum Gasteiger partial charge on any atom is -0.486 e. The van der Waals surface area contributed by atoms with Crippen LogP contribution in [0.2, 0.25) is 9.36 Å². The van der Waals surface area contributed by atoms with Crippen LogP contribution in [0.15, 0.2) is 24.3 Å². The number of benzene rings is 1. The number of hydrogen-bond acceptors (Lipinski definition) is 4. The van der Waals surface area contributed by atoms with Gasteiger partial charge in [0, 0.05) is 17.0 Å². The molecule has 1 amide bonds. The normalized spacial score (nSPS) is 13.0. The Labute approximate surface area is 148 Å². The lowest BCUT2D eigenvalue weighted by Crippen LogP contribution is -2.30. The van der Waals surface area contributed by atoms with Crippen molar-refractivity contribution in [3.05, 3.63) is 44.1 Å². The second kappa shape index (κ2) is 6.99. The van der Waals surface area contributed by atoms with E-state index < -0.39 is 0 Å². The van der Waals surface area contributed by atoms with Crippen LogP contribution in [0.1, 0.15) is 22.2 Å². The number of amides is 1. The van der Waals surface area contributed by atoms with Gasteiger partial charge in [0.1, 0.15) is 13.2 Å². The van der Waals surface area contributed by atoms with Crippen LogP contribution in [0.25, 0.3) is 0 Å². The first-order chi connectivity index (χ1) is 11.1. The summed E-state index contributed by atoms with van der Waals surface area (Å²) >= 11 is 13.6. The maximum Gasteiger partial charge on any atom is 0.254 e. The van der Waals surface area contributed by atoms with Crippen LogP contribution in [0.5, 0.6) is 11.5 Å². The highest BCUT2D eigenvalue weighted by molar-refractivity contribution is 7.16. The fourth-order valence-electron chi connectivity index (χ4n) is 2.37. The molecule has 1 aromatic carbocycles. The molecule has 0 saturated carbocycles. The van der Waals surface area contributed by atoms with E-state index in [-0.39, 0.29) is 5.91 Å². The molecule has 2 heterocycles. The summed E-state index contributed by atoms with van der Waals surface area (Å²) in [5, 5.41) is 0.390. The summed E-state index contributed by atoms with van der Waals surface area (Å²) in [5.74, 6) is 0.917. The third-order valence-electron chi connectivity index (χ3n) is 3.49. The highest BCUT2D eigenvalue weighted by atomic mass is 35.5. The Morgan fingerprint density at radius 2 is 2.04 bits per heavy atom. The molecule has 1 aromatic heterocycles. The minimum atomic E-state index is -0.101. The lowest BCUT2D eigenvalue weighted by molar-refractivity contribution is 0.0753. The number of nitrogens with zero attached hydrogens (tertiary/aromatic N) is 1. The van der Waals surface area contributed by atoms with Gasteiger partial charge in [0.15, 0.2) is 11.5 Å². The van der Waals surface area contributed by atoms with Crippen LogP contribution < -0.4 is 9.47 Å². The molecule has 0 saturated heterocycles. The molecule has 0 aliphatic carbocycles. The van der Waals surface area contributed by atoms with Crippen molar-refractivity contribution in [3.63, 3.8) is 0 Å². The van der Waals surface area contributed by atoms with E-state index in [2.05, 4.69) is 0 Å². The van der Waals surface area contributed by atoms with E-state index >= 15 is 0 Å². The summed E-state index contributed by atoms with van der Waals surface area (Å²) in [7, 11) is 0. The van der Waals surface area contributed by atoms with E-state index in [1.54, 1.807) is 17.0 Å². The fraction of sp³-hybridized carbons (Fsp3) is 0.312. The lowest BCUT2D eigenvalue weighted by Gasteiger charge is -2.23. The van der Waals surface area contributed by atoms with Crippen LogP contribution in [0.4, 0.5) is 0 Å². The first kappa shape index (κ1) is 16.4. The van der Waals surface area contributed by atoms with Crippen LogP contribution in [-0.4, -0.2) is 30.6 Å². The van der Waals surface area contributed by atoms with Crippen LogP contribution in [0, 0.1) is 0 Å². The Bertz CT molecular complexity index is 732. The summed E-state index contributed by atoms with van der Waals surface area (Å²) < 4.78 is 11.7. The van der Waals surface area contributed by atoms with E-state index in [0.29, 0.717) is 52.7 Å². The topological polar surface area (TPSA) is 38.8 Å². The number of hydrogen-bond donors (Lipinski definition) is 0. The fourth-order valence-corrected chi connectivity index (χ4v) is 3.74. The maximum atomic E-state index is 12.8. The SMILES string of the molecule is CCN(Cc1ccc(Cl)s1)C(=O)c1cc(Cl)c2c(c1)OCCO2. The molecule has 4 nitrogen and oxygen atoms in total.